The number of rotatable bonds is 8. The second-order valence-corrected chi connectivity index (χ2v) is 5.66. The molecule has 0 bridgehead atoms. The summed E-state index contributed by atoms with van der Waals surface area (Å²) in [7, 11) is 3.40. The van der Waals surface area contributed by atoms with E-state index in [4.69, 9.17) is 21.1 Å². The average molecular weight is 286 g/mol. The molecule has 0 spiro atoms. The van der Waals surface area contributed by atoms with Gasteiger partial charge in [0, 0.05) is 24.2 Å². The Hall–Kier alpha value is -0.770. The van der Waals surface area contributed by atoms with E-state index in [0.717, 1.165) is 42.5 Å². The van der Waals surface area contributed by atoms with Crippen LogP contribution in [-0.4, -0.2) is 33.9 Å². The lowest BCUT2D eigenvalue weighted by Crippen LogP contribution is -2.27. The van der Waals surface area contributed by atoms with Crippen molar-refractivity contribution < 1.29 is 9.47 Å². The van der Waals surface area contributed by atoms with E-state index in [0.29, 0.717) is 0 Å². The summed E-state index contributed by atoms with van der Waals surface area (Å²) in [6.45, 7) is 6.96. The van der Waals surface area contributed by atoms with Crippen LogP contribution in [0.1, 0.15) is 25.8 Å². The van der Waals surface area contributed by atoms with Crippen molar-refractivity contribution in [2.75, 3.05) is 33.9 Å². The molecule has 0 aliphatic rings. The summed E-state index contributed by atoms with van der Waals surface area (Å²) in [5, 5.41) is 4.11. The Bertz CT molecular complexity index is 394. The van der Waals surface area contributed by atoms with Gasteiger partial charge in [-0.25, -0.2) is 0 Å². The number of nitrogens with one attached hydrogen (secondary N) is 1. The van der Waals surface area contributed by atoms with Crippen molar-refractivity contribution in [3.63, 3.8) is 0 Å². The zero-order valence-corrected chi connectivity index (χ0v) is 13.0. The number of methoxy groups -OCH3 is 2. The molecule has 0 fully saturated rings. The first-order chi connectivity index (χ1) is 9.01. The van der Waals surface area contributed by atoms with Gasteiger partial charge in [0.2, 0.25) is 0 Å². The van der Waals surface area contributed by atoms with Gasteiger partial charge in [-0.1, -0.05) is 25.4 Å². The second-order valence-electron chi connectivity index (χ2n) is 5.22. The van der Waals surface area contributed by atoms with E-state index in [2.05, 4.69) is 19.2 Å². The van der Waals surface area contributed by atoms with Gasteiger partial charge in [-0.05, 0) is 36.6 Å². The topological polar surface area (TPSA) is 30.5 Å². The predicted molar refractivity (Wildman–Crippen MR) is 80.4 cm³/mol. The van der Waals surface area contributed by atoms with E-state index in [-0.39, 0.29) is 5.41 Å². The van der Waals surface area contributed by atoms with Gasteiger partial charge in [-0.3, -0.25) is 0 Å². The molecule has 0 heterocycles. The summed E-state index contributed by atoms with van der Waals surface area (Å²) in [5.41, 5.74) is 1.16. The molecule has 1 N–H and O–H groups in total. The van der Waals surface area contributed by atoms with Gasteiger partial charge in [0.05, 0.1) is 13.7 Å². The lowest BCUT2D eigenvalue weighted by molar-refractivity contribution is 0.198. The highest BCUT2D eigenvalue weighted by Crippen LogP contribution is 2.35. The van der Waals surface area contributed by atoms with E-state index in [1.807, 2.05) is 18.2 Å². The normalized spacial score (nSPS) is 11.6. The number of halogens is 1. The van der Waals surface area contributed by atoms with Crippen molar-refractivity contribution in [3.8, 4) is 5.75 Å². The lowest BCUT2D eigenvalue weighted by Gasteiger charge is -2.27. The Morgan fingerprint density at radius 1 is 1.21 bits per heavy atom. The van der Waals surface area contributed by atoms with Crippen LogP contribution in [0.2, 0.25) is 5.02 Å². The minimum absolute atomic E-state index is 0.0102. The Morgan fingerprint density at radius 3 is 2.58 bits per heavy atom. The molecular formula is C15H24ClNO2. The molecule has 0 aromatic heterocycles. The van der Waals surface area contributed by atoms with Gasteiger partial charge < -0.3 is 14.8 Å². The molecule has 0 saturated carbocycles. The van der Waals surface area contributed by atoms with Crippen LogP contribution in [0.25, 0.3) is 0 Å². The molecule has 1 aromatic carbocycles. The molecule has 108 valence electrons. The van der Waals surface area contributed by atoms with Crippen molar-refractivity contribution in [3.05, 3.63) is 28.8 Å². The highest BCUT2D eigenvalue weighted by molar-refractivity contribution is 6.30. The molecule has 4 heteroatoms. The van der Waals surface area contributed by atoms with Crippen LogP contribution in [0.3, 0.4) is 0 Å². The third kappa shape index (κ3) is 5.01. The summed E-state index contributed by atoms with van der Waals surface area (Å²) >= 11 is 6.09. The van der Waals surface area contributed by atoms with E-state index in [1.54, 1.807) is 14.2 Å². The largest absolute Gasteiger partial charge is 0.496 e. The van der Waals surface area contributed by atoms with Gasteiger partial charge in [-0.2, -0.15) is 0 Å². The first-order valence-electron chi connectivity index (χ1n) is 6.55. The third-order valence-corrected chi connectivity index (χ3v) is 3.54. The molecule has 0 aliphatic heterocycles. The zero-order valence-electron chi connectivity index (χ0n) is 12.3. The molecule has 3 nitrogen and oxygen atoms in total. The maximum Gasteiger partial charge on any atom is 0.122 e. The van der Waals surface area contributed by atoms with E-state index < -0.39 is 0 Å². The summed E-state index contributed by atoms with van der Waals surface area (Å²) in [5.74, 6) is 0.895. The molecule has 19 heavy (non-hydrogen) atoms. The molecule has 0 atom stereocenters. The number of hydrogen-bond donors (Lipinski definition) is 1. The maximum atomic E-state index is 6.09. The van der Waals surface area contributed by atoms with Gasteiger partial charge in [0.25, 0.3) is 0 Å². The third-order valence-electron chi connectivity index (χ3n) is 3.30. The Balaban J connectivity index is 2.67. The van der Waals surface area contributed by atoms with Crippen molar-refractivity contribution in [1.82, 2.24) is 5.32 Å². The van der Waals surface area contributed by atoms with Crippen LogP contribution in [0.5, 0.6) is 5.75 Å². The standard InChI is InChI=1S/C15H24ClNO2/c1-15(2,7-8-17-9-10-18-3)13-11-12(16)5-6-14(13)19-4/h5-6,11,17H,7-10H2,1-4H3. The SMILES string of the molecule is COCCNCCC(C)(C)c1cc(Cl)ccc1OC. The zero-order chi connectivity index (χ0) is 14.3. The predicted octanol–water partition coefficient (Wildman–Crippen LogP) is 3.25. The minimum Gasteiger partial charge on any atom is -0.496 e. The Morgan fingerprint density at radius 2 is 1.95 bits per heavy atom. The molecule has 0 aliphatic carbocycles. The minimum atomic E-state index is 0.0102. The fourth-order valence-electron chi connectivity index (χ4n) is 2.04. The van der Waals surface area contributed by atoms with Crippen LogP contribution >= 0.6 is 11.6 Å². The summed E-state index contributed by atoms with van der Waals surface area (Å²) in [6, 6.07) is 5.78. The van der Waals surface area contributed by atoms with Crippen LogP contribution in [0.4, 0.5) is 0 Å². The van der Waals surface area contributed by atoms with Gasteiger partial charge in [0.1, 0.15) is 5.75 Å². The van der Waals surface area contributed by atoms with Crippen molar-refractivity contribution in [2.45, 2.75) is 25.7 Å². The Labute approximate surface area is 121 Å². The summed E-state index contributed by atoms with van der Waals surface area (Å²) < 4.78 is 10.4. The molecular weight excluding hydrogens is 262 g/mol. The van der Waals surface area contributed by atoms with Gasteiger partial charge >= 0.3 is 0 Å². The van der Waals surface area contributed by atoms with Crippen molar-refractivity contribution >= 4 is 11.6 Å². The molecule has 1 aromatic rings. The lowest BCUT2D eigenvalue weighted by atomic mass is 9.81. The van der Waals surface area contributed by atoms with Gasteiger partial charge in [-0.15, -0.1) is 0 Å². The molecule has 0 radical (unpaired) electrons. The van der Waals surface area contributed by atoms with Crippen molar-refractivity contribution in [1.29, 1.82) is 0 Å². The van der Waals surface area contributed by atoms with Gasteiger partial charge in [0.15, 0.2) is 0 Å². The second kappa shape index (κ2) is 7.73. The van der Waals surface area contributed by atoms with Crippen molar-refractivity contribution in [2.24, 2.45) is 0 Å². The summed E-state index contributed by atoms with van der Waals surface area (Å²) in [6.07, 6.45) is 1.01. The highest BCUT2D eigenvalue weighted by Gasteiger charge is 2.24. The summed E-state index contributed by atoms with van der Waals surface area (Å²) in [4.78, 5) is 0. The molecule has 0 saturated heterocycles. The smallest absolute Gasteiger partial charge is 0.122 e. The molecule has 1 rings (SSSR count). The average Bonchev–Trinajstić information content (AvgIpc) is 2.38. The number of ether oxygens (including phenoxy) is 2. The first-order valence-corrected chi connectivity index (χ1v) is 6.92. The van der Waals surface area contributed by atoms with E-state index in [9.17, 15) is 0 Å². The van der Waals surface area contributed by atoms with E-state index >= 15 is 0 Å². The fraction of sp³-hybridized carbons (Fsp3) is 0.600. The van der Waals surface area contributed by atoms with Crippen LogP contribution in [0, 0.1) is 0 Å². The molecule has 0 amide bonds. The highest BCUT2D eigenvalue weighted by atomic mass is 35.5. The number of hydrogen-bond acceptors (Lipinski definition) is 3. The molecule has 0 unspecified atom stereocenters. The van der Waals surface area contributed by atoms with Crippen LogP contribution < -0.4 is 10.1 Å². The fourth-order valence-corrected chi connectivity index (χ4v) is 2.22. The Kier molecular flexibility index (Phi) is 6.63. The van der Waals surface area contributed by atoms with Crippen LogP contribution in [-0.2, 0) is 10.2 Å². The van der Waals surface area contributed by atoms with Crippen LogP contribution in [0.15, 0.2) is 18.2 Å². The number of benzene rings is 1. The quantitative estimate of drug-likeness (QED) is 0.744. The van der Waals surface area contributed by atoms with E-state index in [1.165, 1.54) is 0 Å². The first kappa shape index (κ1) is 16.3. The maximum absolute atomic E-state index is 6.09. The monoisotopic (exact) mass is 285 g/mol.